The van der Waals surface area contributed by atoms with Crippen LogP contribution >= 0.6 is 11.3 Å². The Hall–Kier alpha value is -0.470. The molecule has 1 aliphatic rings. The maximum atomic E-state index is 12.6. The number of aliphatic hydroxyl groups excluding tert-OH is 1. The molecule has 1 unspecified atom stereocenters. The molecule has 0 radical (unpaired) electrons. The van der Waals surface area contributed by atoms with E-state index in [-0.39, 0.29) is 17.6 Å². The fraction of sp³-hybridized carbons (Fsp3) is 0.692. The Bertz CT molecular complexity index is 547. The van der Waals surface area contributed by atoms with Gasteiger partial charge in [-0.25, -0.2) is 8.42 Å². The molecule has 5 nitrogen and oxygen atoms in total. The van der Waals surface area contributed by atoms with E-state index in [1.165, 1.54) is 15.6 Å². The number of ether oxygens (including phenoxy) is 1. The molecule has 0 aliphatic carbocycles. The van der Waals surface area contributed by atoms with Gasteiger partial charge in [-0.1, -0.05) is 0 Å². The van der Waals surface area contributed by atoms with Crippen LogP contribution in [0.15, 0.2) is 10.3 Å². The lowest BCUT2D eigenvalue weighted by atomic mass is 10.1. The third kappa shape index (κ3) is 3.23. The van der Waals surface area contributed by atoms with Crippen LogP contribution in [0.4, 0.5) is 0 Å². The van der Waals surface area contributed by atoms with Crippen molar-refractivity contribution in [2.24, 2.45) is 0 Å². The van der Waals surface area contributed by atoms with Crippen LogP contribution in [-0.4, -0.2) is 44.1 Å². The summed E-state index contributed by atoms with van der Waals surface area (Å²) in [6.45, 7) is 2.58. The first-order valence-corrected chi connectivity index (χ1v) is 9.04. The predicted molar refractivity (Wildman–Crippen MR) is 78.4 cm³/mol. The topological polar surface area (TPSA) is 66.8 Å². The first kappa shape index (κ1) is 15.9. The lowest BCUT2D eigenvalue weighted by molar-refractivity contribution is 0.00857. The molecular weight excluding hydrogens is 298 g/mol. The Morgan fingerprint density at radius 3 is 2.85 bits per heavy atom. The fourth-order valence-electron chi connectivity index (χ4n) is 2.43. The molecule has 1 atom stereocenters. The van der Waals surface area contributed by atoms with Gasteiger partial charge in [-0.3, -0.25) is 0 Å². The lowest BCUT2D eigenvalue weighted by Crippen LogP contribution is -2.37. The van der Waals surface area contributed by atoms with Gasteiger partial charge >= 0.3 is 0 Å². The Balaban J connectivity index is 2.18. The van der Waals surface area contributed by atoms with Crippen LogP contribution in [0, 0.1) is 6.92 Å². The number of aliphatic hydroxyl groups is 1. The van der Waals surface area contributed by atoms with E-state index in [9.17, 15) is 13.5 Å². The lowest BCUT2D eigenvalue weighted by Gasteiger charge is -2.27. The first-order valence-electron chi connectivity index (χ1n) is 6.72. The zero-order valence-electron chi connectivity index (χ0n) is 11.8. The molecule has 1 fully saturated rings. The molecule has 0 spiro atoms. The number of hydrogen-bond acceptors (Lipinski definition) is 5. The van der Waals surface area contributed by atoms with E-state index in [0.29, 0.717) is 23.6 Å². The minimum atomic E-state index is -3.56. The van der Waals surface area contributed by atoms with Gasteiger partial charge < -0.3 is 9.84 Å². The van der Waals surface area contributed by atoms with Gasteiger partial charge in [-0.2, -0.15) is 4.31 Å². The van der Waals surface area contributed by atoms with Gasteiger partial charge in [-0.05, 0) is 37.1 Å². The number of thiophene rings is 1. The summed E-state index contributed by atoms with van der Waals surface area (Å²) in [5.41, 5.74) is 0.690. The molecule has 1 N–H and O–H groups in total. The van der Waals surface area contributed by atoms with Crippen molar-refractivity contribution in [1.29, 1.82) is 0 Å². The van der Waals surface area contributed by atoms with Crippen LogP contribution in [0.3, 0.4) is 0 Å². The summed E-state index contributed by atoms with van der Waals surface area (Å²) in [5, 5.41) is 11.1. The SMILES string of the molecule is Cc1csc(CO)c1S(=O)(=O)N(C)CC1CCCCO1. The van der Waals surface area contributed by atoms with Crippen molar-refractivity contribution in [2.45, 2.75) is 43.8 Å². The van der Waals surface area contributed by atoms with E-state index >= 15 is 0 Å². The minimum Gasteiger partial charge on any atom is -0.391 e. The molecular formula is C13H21NO4S2. The van der Waals surface area contributed by atoms with E-state index in [2.05, 4.69) is 0 Å². The summed E-state index contributed by atoms with van der Waals surface area (Å²) in [4.78, 5) is 0.752. The van der Waals surface area contributed by atoms with Crippen molar-refractivity contribution in [3.8, 4) is 0 Å². The number of rotatable bonds is 5. The highest BCUT2D eigenvalue weighted by molar-refractivity contribution is 7.89. The standard InChI is InChI=1S/C13H21NO4S2/c1-10-9-19-12(8-15)13(10)20(16,17)14(2)7-11-5-3-4-6-18-11/h9,11,15H,3-8H2,1-2H3. The largest absolute Gasteiger partial charge is 0.391 e. The highest BCUT2D eigenvalue weighted by atomic mass is 32.2. The molecule has 0 saturated carbocycles. The molecule has 0 amide bonds. The molecule has 1 aromatic heterocycles. The highest BCUT2D eigenvalue weighted by Crippen LogP contribution is 2.29. The van der Waals surface area contributed by atoms with E-state index < -0.39 is 10.0 Å². The molecule has 2 heterocycles. The Morgan fingerprint density at radius 2 is 2.25 bits per heavy atom. The summed E-state index contributed by atoms with van der Waals surface area (Å²) in [7, 11) is -1.99. The third-order valence-corrected chi connectivity index (χ3v) is 6.81. The van der Waals surface area contributed by atoms with Crippen LogP contribution in [0.5, 0.6) is 0 Å². The number of aryl methyl sites for hydroxylation is 1. The number of nitrogens with zero attached hydrogens (tertiary/aromatic N) is 1. The van der Waals surface area contributed by atoms with Gasteiger partial charge in [-0.15, -0.1) is 11.3 Å². The summed E-state index contributed by atoms with van der Waals surface area (Å²) in [6.07, 6.45) is 3.00. The molecule has 114 valence electrons. The summed E-state index contributed by atoms with van der Waals surface area (Å²) < 4.78 is 32.2. The quantitative estimate of drug-likeness (QED) is 0.898. The Kier molecular flexibility index (Phi) is 5.19. The van der Waals surface area contributed by atoms with Gasteiger partial charge in [0.1, 0.15) is 4.90 Å². The van der Waals surface area contributed by atoms with Crippen molar-refractivity contribution < 1.29 is 18.3 Å². The van der Waals surface area contributed by atoms with Crippen molar-refractivity contribution in [3.05, 3.63) is 15.8 Å². The van der Waals surface area contributed by atoms with Gasteiger partial charge in [0, 0.05) is 20.2 Å². The van der Waals surface area contributed by atoms with Gasteiger partial charge in [0.25, 0.3) is 0 Å². The van der Waals surface area contributed by atoms with Crippen LogP contribution in [0.1, 0.15) is 29.7 Å². The summed E-state index contributed by atoms with van der Waals surface area (Å²) >= 11 is 1.28. The van der Waals surface area contributed by atoms with Crippen molar-refractivity contribution in [1.82, 2.24) is 4.31 Å². The Morgan fingerprint density at radius 1 is 1.50 bits per heavy atom. The van der Waals surface area contributed by atoms with E-state index in [4.69, 9.17) is 4.74 Å². The number of sulfonamides is 1. The van der Waals surface area contributed by atoms with Crippen LogP contribution in [0.2, 0.25) is 0 Å². The third-order valence-electron chi connectivity index (χ3n) is 3.54. The number of likely N-dealkylation sites (N-methyl/N-ethyl adjacent to an activating group) is 1. The van der Waals surface area contributed by atoms with Crippen LogP contribution in [-0.2, 0) is 21.4 Å². The molecule has 2 rings (SSSR count). The molecule has 1 aliphatic heterocycles. The van der Waals surface area contributed by atoms with Crippen molar-refractivity contribution >= 4 is 21.4 Å². The maximum Gasteiger partial charge on any atom is 0.244 e. The summed E-state index contributed by atoms with van der Waals surface area (Å²) in [6, 6.07) is 0. The van der Waals surface area contributed by atoms with Crippen LogP contribution in [0.25, 0.3) is 0 Å². The average molecular weight is 319 g/mol. The van der Waals surface area contributed by atoms with Gasteiger partial charge in [0.2, 0.25) is 10.0 Å². The minimum absolute atomic E-state index is 0.0277. The first-order chi connectivity index (χ1) is 9.46. The second-order valence-electron chi connectivity index (χ2n) is 5.10. The molecule has 20 heavy (non-hydrogen) atoms. The van der Waals surface area contributed by atoms with E-state index in [1.54, 1.807) is 19.4 Å². The zero-order chi connectivity index (χ0) is 14.8. The second-order valence-corrected chi connectivity index (χ2v) is 8.05. The highest BCUT2D eigenvalue weighted by Gasteiger charge is 2.29. The molecule has 0 bridgehead atoms. The van der Waals surface area contributed by atoms with E-state index in [1.807, 2.05) is 0 Å². The second kappa shape index (κ2) is 6.53. The molecule has 7 heteroatoms. The van der Waals surface area contributed by atoms with Crippen molar-refractivity contribution in [3.63, 3.8) is 0 Å². The molecule has 1 aromatic rings. The smallest absolute Gasteiger partial charge is 0.244 e. The predicted octanol–water partition coefficient (Wildman–Crippen LogP) is 1.74. The van der Waals surface area contributed by atoms with Gasteiger partial charge in [0.05, 0.1) is 17.6 Å². The monoisotopic (exact) mass is 319 g/mol. The summed E-state index contributed by atoms with van der Waals surface area (Å²) in [5.74, 6) is 0. The van der Waals surface area contributed by atoms with E-state index in [0.717, 1.165) is 19.3 Å². The Labute approximate surface area is 124 Å². The normalized spacial score (nSPS) is 20.5. The van der Waals surface area contributed by atoms with Gasteiger partial charge in [0.15, 0.2) is 0 Å². The molecule has 1 saturated heterocycles. The zero-order valence-corrected chi connectivity index (χ0v) is 13.5. The maximum absolute atomic E-state index is 12.6. The number of hydrogen-bond donors (Lipinski definition) is 1. The fourth-order valence-corrected chi connectivity index (χ4v) is 5.24. The van der Waals surface area contributed by atoms with Crippen LogP contribution < -0.4 is 0 Å². The van der Waals surface area contributed by atoms with Crippen molar-refractivity contribution in [2.75, 3.05) is 20.2 Å². The average Bonchev–Trinajstić information content (AvgIpc) is 2.81. The molecule has 0 aromatic carbocycles.